The number of sulfonamides is 2. The number of carbonyl (C=O) groups is 1. The number of hydrazone groups is 1. The second kappa shape index (κ2) is 10.8. The maximum absolute atomic E-state index is 13.8. The van der Waals surface area contributed by atoms with E-state index in [4.69, 9.17) is 11.0 Å². The van der Waals surface area contributed by atoms with Crippen molar-refractivity contribution in [2.45, 2.75) is 17.4 Å². The van der Waals surface area contributed by atoms with E-state index >= 15 is 0 Å². The number of nitrogens with one attached hydrogen (secondary N) is 2. The van der Waals surface area contributed by atoms with Crippen LogP contribution in [0.15, 0.2) is 76.7 Å². The molecule has 0 aliphatic rings. The highest BCUT2D eigenvalue weighted by molar-refractivity contribution is 7.89. The molecule has 1 amide bonds. The number of rotatable bonds is 9. The molecule has 0 aliphatic carbocycles. The number of hydrogen-bond donors (Lipinski definition) is 4. The zero-order chi connectivity index (χ0) is 26.5. The Labute approximate surface area is 208 Å². The summed E-state index contributed by atoms with van der Waals surface area (Å²) in [6.45, 7) is 0. The summed E-state index contributed by atoms with van der Waals surface area (Å²) < 4.78 is 62.9. The van der Waals surface area contributed by atoms with Gasteiger partial charge in [-0.3, -0.25) is 9.52 Å². The largest absolute Gasteiger partial charge is 0.373 e. The molecule has 0 aliphatic heterocycles. The van der Waals surface area contributed by atoms with Crippen molar-refractivity contribution in [3.8, 4) is 11.1 Å². The molecule has 190 valence electrons. The lowest BCUT2D eigenvalue weighted by molar-refractivity contribution is -0.120. The normalized spacial score (nSPS) is 12.9. The van der Waals surface area contributed by atoms with Gasteiger partial charge in [-0.1, -0.05) is 36.4 Å². The van der Waals surface area contributed by atoms with E-state index in [2.05, 4.69) is 10.4 Å². The van der Waals surface area contributed by atoms with Gasteiger partial charge in [0.1, 0.15) is 11.9 Å². The molecular weight excluding hydrogens is 509 g/mol. The van der Waals surface area contributed by atoms with E-state index in [9.17, 15) is 26.0 Å². The molecule has 3 aromatic carbocycles. The van der Waals surface area contributed by atoms with E-state index in [1.165, 1.54) is 18.3 Å². The summed E-state index contributed by atoms with van der Waals surface area (Å²) in [6, 6.07) is 15.3. The predicted octanol–water partition coefficient (Wildman–Crippen LogP) is 1.53. The second-order valence-corrected chi connectivity index (χ2v) is 11.2. The van der Waals surface area contributed by atoms with Crippen molar-refractivity contribution in [3.05, 3.63) is 83.7 Å². The van der Waals surface area contributed by atoms with Gasteiger partial charge in [-0.25, -0.2) is 26.4 Å². The molecule has 3 rings (SSSR count). The molecule has 0 saturated heterocycles. The summed E-state index contributed by atoms with van der Waals surface area (Å²) in [4.78, 5) is 12.5. The van der Waals surface area contributed by atoms with Crippen LogP contribution >= 0.6 is 0 Å². The minimum absolute atomic E-state index is 0.0776. The van der Waals surface area contributed by atoms with Crippen molar-refractivity contribution < 1.29 is 26.0 Å². The number of amides is 1. The summed E-state index contributed by atoms with van der Waals surface area (Å²) in [5.41, 5.74) is 2.29. The fourth-order valence-electron chi connectivity index (χ4n) is 3.51. The van der Waals surface area contributed by atoms with Gasteiger partial charge in [0.05, 0.1) is 17.4 Å². The molecule has 13 heteroatoms. The maximum atomic E-state index is 13.8. The van der Waals surface area contributed by atoms with E-state index < -0.39 is 37.8 Å². The van der Waals surface area contributed by atoms with Gasteiger partial charge < -0.3 is 11.2 Å². The third-order valence-electron chi connectivity index (χ3n) is 5.00. The number of nitrogens with two attached hydrogens (primary N) is 2. The Kier molecular flexibility index (Phi) is 8.07. The van der Waals surface area contributed by atoms with Crippen molar-refractivity contribution in [2.24, 2.45) is 16.1 Å². The van der Waals surface area contributed by atoms with Crippen LogP contribution in [0.25, 0.3) is 11.1 Å². The predicted molar refractivity (Wildman–Crippen MR) is 136 cm³/mol. The highest BCUT2D eigenvalue weighted by Gasteiger charge is 2.22. The third-order valence-corrected chi connectivity index (χ3v) is 6.54. The van der Waals surface area contributed by atoms with Gasteiger partial charge in [-0.05, 0) is 47.0 Å². The third kappa shape index (κ3) is 7.34. The summed E-state index contributed by atoms with van der Waals surface area (Å²) >= 11 is 0. The molecule has 0 radical (unpaired) electrons. The fraction of sp³-hybridized carbons (Fsp3) is 0.130. The Balaban J connectivity index is 1.91. The van der Waals surface area contributed by atoms with Crippen LogP contribution in [0.4, 0.5) is 10.1 Å². The number of carbonyl (C=O) groups excluding carboxylic acids is 1. The summed E-state index contributed by atoms with van der Waals surface area (Å²) in [5.74, 6) is 3.78. The van der Waals surface area contributed by atoms with Crippen LogP contribution in [-0.2, 0) is 31.3 Å². The standard InChI is InChI=1S/C23H24FN5O5S2/c1-35(31,32)29-23(30)21(12-15-3-2-4-16(11-15)14-27-25)28-19-8-5-17(6-9-19)20-13-18(24)7-10-22(20)36(26,33)34/h2-11,13-14,21,28H,12,25H2,1H3,(H,29,30)(H2,26,33,34)/t21-/m0/s1. The van der Waals surface area contributed by atoms with Crippen LogP contribution in [0, 0.1) is 5.82 Å². The average Bonchev–Trinajstić information content (AvgIpc) is 2.77. The van der Waals surface area contributed by atoms with Crippen LogP contribution in [0.3, 0.4) is 0 Å². The van der Waals surface area contributed by atoms with Gasteiger partial charge in [0.15, 0.2) is 0 Å². The molecule has 0 spiro atoms. The molecule has 0 fully saturated rings. The lowest BCUT2D eigenvalue weighted by Crippen LogP contribution is -2.43. The number of hydrogen-bond acceptors (Lipinski definition) is 8. The minimum Gasteiger partial charge on any atom is -0.373 e. The monoisotopic (exact) mass is 533 g/mol. The molecule has 3 aromatic rings. The SMILES string of the molecule is CS(=O)(=O)NC(=O)[C@H](Cc1cccc(C=NN)c1)Nc1ccc(-c2cc(F)ccc2S(N)(=O)=O)cc1. The van der Waals surface area contributed by atoms with Crippen LogP contribution in [0.5, 0.6) is 0 Å². The molecule has 0 aromatic heterocycles. The Morgan fingerprint density at radius 3 is 2.36 bits per heavy atom. The highest BCUT2D eigenvalue weighted by Crippen LogP contribution is 2.29. The molecule has 0 bridgehead atoms. The molecule has 36 heavy (non-hydrogen) atoms. The van der Waals surface area contributed by atoms with Crippen LogP contribution in [-0.4, -0.2) is 41.3 Å². The van der Waals surface area contributed by atoms with Gasteiger partial charge >= 0.3 is 0 Å². The first-order chi connectivity index (χ1) is 16.9. The summed E-state index contributed by atoms with van der Waals surface area (Å²) in [6.07, 6.45) is 2.43. The zero-order valence-electron chi connectivity index (χ0n) is 19.1. The highest BCUT2D eigenvalue weighted by atomic mass is 32.2. The van der Waals surface area contributed by atoms with Gasteiger partial charge in [0.25, 0.3) is 5.91 Å². The van der Waals surface area contributed by atoms with Gasteiger partial charge in [-0.15, -0.1) is 0 Å². The number of anilines is 1. The molecule has 1 atom stereocenters. The smallest absolute Gasteiger partial charge is 0.256 e. The van der Waals surface area contributed by atoms with Crippen LogP contribution in [0.2, 0.25) is 0 Å². The topological polar surface area (TPSA) is 174 Å². The quantitative estimate of drug-likeness (QED) is 0.183. The average molecular weight is 534 g/mol. The Bertz CT molecular complexity index is 1510. The molecule has 0 heterocycles. The lowest BCUT2D eigenvalue weighted by Gasteiger charge is -2.20. The molecule has 0 unspecified atom stereocenters. The molecule has 6 N–H and O–H groups in total. The fourth-order valence-corrected chi connectivity index (χ4v) is 4.76. The van der Waals surface area contributed by atoms with Crippen molar-refractivity contribution >= 4 is 37.9 Å². The van der Waals surface area contributed by atoms with Gasteiger partial charge in [0.2, 0.25) is 20.0 Å². The lowest BCUT2D eigenvalue weighted by atomic mass is 10.0. The van der Waals surface area contributed by atoms with Gasteiger partial charge in [-0.2, -0.15) is 5.10 Å². The van der Waals surface area contributed by atoms with Crippen molar-refractivity contribution in [1.82, 2.24) is 4.72 Å². The van der Waals surface area contributed by atoms with E-state index in [-0.39, 0.29) is 16.9 Å². The van der Waals surface area contributed by atoms with E-state index in [1.807, 2.05) is 4.72 Å². The first-order valence-electron chi connectivity index (χ1n) is 10.4. The van der Waals surface area contributed by atoms with E-state index in [0.717, 1.165) is 24.5 Å². The minimum atomic E-state index is -4.11. The Hall–Kier alpha value is -3.81. The molecule has 10 nitrogen and oxygen atoms in total. The summed E-state index contributed by atoms with van der Waals surface area (Å²) in [7, 11) is -7.92. The van der Waals surface area contributed by atoms with Crippen LogP contribution < -0.4 is 21.0 Å². The molecule has 0 saturated carbocycles. The second-order valence-electron chi connectivity index (χ2n) is 7.93. The van der Waals surface area contributed by atoms with E-state index in [1.54, 1.807) is 36.4 Å². The number of primary sulfonamides is 1. The zero-order valence-corrected chi connectivity index (χ0v) is 20.7. The van der Waals surface area contributed by atoms with Gasteiger partial charge in [0, 0.05) is 17.7 Å². The summed E-state index contributed by atoms with van der Waals surface area (Å²) in [5, 5.41) is 11.7. The van der Waals surface area contributed by atoms with Crippen molar-refractivity contribution in [2.75, 3.05) is 11.6 Å². The van der Waals surface area contributed by atoms with Crippen LogP contribution in [0.1, 0.15) is 11.1 Å². The van der Waals surface area contributed by atoms with Crippen molar-refractivity contribution in [3.63, 3.8) is 0 Å². The maximum Gasteiger partial charge on any atom is 0.256 e. The first kappa shape index (κ1) is 26.8. The Morgan fingerprint density at radius 1 is 1.06 bits per heavy atom. The Morgan fingerprint density at radius 2 is 1.75 bits per heavy atom. The first-order valence-corrected chi connectivity index (χ1v) is 13.8. The number of halogens is 1. The molecular formula is C23H24FN5O5S2. The number of benzene rings is 3. The number of nitrogens with zero attached hydrogens (tertiary/aromatic N) is 1. The van der Waals surface area contributed by atoms with E-state index in [0.29, 0.717) is 22.4 Å². The van der Waals surface area contributed by atoms with Crippen molar-refractivity contribution in [1.29, 1.82) is 0 Å².